The van der Waals surface area contributed by atoms with Crippen molar-refractivity contribution in [3.05, 3.63) is 23.8 Å². The molecule has 0 heterocycles. The molecule has 1 N–H and O–H groups in total. The fraction of sp³-hybridized carbons (Fsp3) is 0.500. The second-order valence-electron chi connectivity index (χ2n) is 3.46. The maximum atomic E-state index is 10.1. The van der Waals surface area contributed by atoms with E-state index in [2.05, 4.69) is 0 Å². The van der Waals surface area contributed by atoms with Gasteiger partial charge in [-0.1, -0.05) is 6.07 Å². The zero-order valence-electron chi connectivity index (χ0n) is 10.1. The molecule has 0 spiro atoms. The number of aliphatic hydroxyl groups excluding tert-OH is 1. The van der Waals surface area contributed by atoms with Crippen LogP contribution in [-0.4, -0.2) is 32.5 Å². The molecule has 0 bridgehead atoms. The van der Waals surface area contributed by atoms with Gasteiger partial charge in [-0.25, -0.2) is 0 Å². The highest BCUT2D eigenvalue weighted by Gasteiger charge is 2.23. The highest BCUT2D eigenvalue weighted by molar-refractivity contribution is 5.46. The number of hydrogen-bond donors (Lipinski definition) is 1. The lowest BCUT2D eigenvalue weighted by Crippen LogP contribution is -2.18. The van der Waals surface area contributed by atoms with E-state index < -0.39 is 6.10 Å². The maximum Gasteiger partial charge on any atom is 0.128 e. The van der Waals surface area contributed by atoms with Gasteiger partial charge < -0.3 is 19.3 Å². The molecule has 4 nitrogen and oxygen atoms in total. The molecule has 1 aromatic rings. The van der Waals surface area contributed by atoms with Gasteiger partial charge in [-0.05, 0) is 19.1 Å². The molecule has 1 rings (SSSR count). The summed E-state index contributed by atoms with van der Waals surface area (Å²) in [6.45, 7) is 1.79. The number of aliphatic hydroxyl groups is 1. The van der Waals surface area contributed by atoms with E-state index in [-0.39, 0.29) is 6.10 Å². The monoisotopic (exact) mass is 226 g/mol. The molecule has 0 saturated heterocycles. The second kappa shape index (κ2) is 5.72. The minimum Gasteiger partial charge on any atom is -0.496 e. The first kappa shape index (κ1) is 12.8. The Balaban J connectivity index is 3.17. The molecule has 0 aliphatic carbocycles. The van der Waals surface area contributed by atoms with Crippen molar-refractivity contribution in [2.24, 2.45) is 0 Å². The Morgan fingerprint density at radius 3 is 1.94 bits per heavy atom. The van der Waals surface area contributed by atoms with Crippen LogP contribution in [0.4, 0.5) is 0 Å². The predicted molar refractivity (Wildman–Crippen MR) is 61.0 cm³/mol. The molecule has 4 heteroatoms. The Labute approximate surface area is 95.8 Å². The topological polar surface area (TPSA) is 47.9 Å². The first-order valence-electron chi connectivity index (χ1n) is 5.07. The van der Waals surface area contributed by atoms with E-state index in [1.54, 1.807) is 40.4 Å². The summed E-state index contributed by atoms with van der Waals surface area (Å²) in [7, 11) is 4.67. The van der Waals surface area contributed by atoms with Crippen LogP contribution in [0.1, 0.15) is 18.6 Å². The van der Waals surface area contributed by atoms with Crippen LogP contribution in [0.15, 0.2) is 18.2 Å². The zero-order chi connectivity index (χ0) is 12.1. The molecule has 90 valence electrons. The zero-order valence-corrected chi connectivity index (χ0v) is 10.1. The highest BCUT2D eigenvalue weighted by atomic mass is 16.5. The van der Waals surface area contributed by atoms with Crippen LogP contribution in [0.3, 0.4) is 0 Å². The summed E-state index contributed by atoms with van der Waals surface area (Å²) in [6, 6.07) is 5.37. The van der Waals surface area contributed by atoms with Gasteiger partial charge in [0.05, 0.1) is 25.9 Å². The fourth-order valence-electron chi connectivity index (χ4n) is 1.53. The van der Waals surface area contributed by atoms with Gasteiger partial charge in [-0.2, -0.15) is 0 Å². The molecule has 0 saturated carbocycles. The third-order valence-electron chi connectivity index (χ3n) is 2.58. The molecule has 1 aromatic carbocycles. The molecule has 16 heavy (non-hydrogen) atoms. The SMILES string of the molecule is COc1cccc(OC)c1C(O)C(C)OC. The summed E-state index contributed by atoms with van der Waals surface area (Å²) < 4.78 is 15.5. The molecular weight excluding hydrogens is 208 g/mol. The Hall–Kier alpha value is -1.26. The predicted octanol–water partition coefficient (Wildman–Crippen LogP) is 1.77. The normalized spacial score (nSPS) is 14.3. The molecular formula is C12H18O4. The number of benzene rings is 1. The lowest BCUT2D eigenvalue weighted by atomic mass is 10.0. The van der Waals surface area contributed by atoms with E-state index >= 15 is 0 Å². The standard InChI is InChI=1S/C12H18O4/c1-8(14-2)12(13)11-9(15-3)6-5-7-10(11)16-4/h5-8,12-13H,1-4H3. The quantitative estimate of drug-likeness (QED) is 0.831. The summed E-state index contributed by atoms with van der Waals surface area (Å²) in [5.41, 5.74) is 0.613. The van der Waals surface area contributed by atoms with Crippen molar-refractivity contribution in [1.29, 1.82) is 0 Å². The summed E-state index contributed by atoms with van der Waals surface area (Å²) in [6.07, 6.45) is -1.11. The molecule has 0 radical (unpaired) electrons. The minimum atomic E-state index is -0.781. The van der Waals surface area contributed by atoms with Crippen LogP contribution >= 0.6 is 0 Å². The lowest BCUT2D eigenvalue weighted by Gasteiger charge is -2.22. The number of ether oxygens (including phenoxy) is 3. The van der Waals surface area contributed by atoms with Gasteiger partial charge in [0.25, 0.3) is 0 Å². The molecule has 0 aliphatic rings. The Morgan fingerprint density at radius 1 is 1.06 bits per heavy atom. The second-order valence-corrected chi connectivity index (χ2v) is 3.46. The average molecular weight is 226 g/mol. The van der Waals surface area contributed by atoms with E-state index in [1.165, 1.54) is 0 Å². The van der Waals surface area contributed by atoms with E-state index in [4.69, 9.17) is 14.2 Å². The summed E-state index contributed by atoms with van der Waals surface area (Å²) in [5.74, 6) is 1.19. The van der Waals surface area contributed by atoms with Gasteiger partial charge in [0.2, 0.25) is 0 Å². The van der Waals surface area contributed by atoms with Gasteiger partial charge >= 0.3 is 0 Å². The summed E-state index contributed by atoms with van der Waals surface area (Å²) >= 11 is 0. The summed E-state index contributed by atoms with van der Waals surface area (Å²) in [4.78, 5) is 0. The average Bonchev–Trinajstić information content (AvgIpc) is 2.35. The van der Waals surface area contributed by atoms with Gasteiger partial charge in [0, 0.05) is 7.11 Å². The number of hydrogen-bond acceptors (Lipinski definition) is 4. The molecule has 0 amide bonds. The van der Waals surface area contributed by atoms with Crippen LogP contribution in [0.25, 0.3) is 0 Å². The smallest absolute Gasteiger partial charge is 0.128 e. The van der Waals surface area contributed by atoms with Gasteiger partial charge in [0.15, 0.2) is 0 Å². The Morgan fingerprint density at radius 2 is 1.56 bits per heavy atom. The lowest BCUT2D eigenvalue weighted by molar-refractivity contribution is -0.00361. The van der Waals surface area contributed by atoms with Crippen molar-refractivity contribution < 1.29 is 19.3 Å². The van der Waals surface area contributed by atoms with Crippen LogP contribution < -0.4 is 9.47 Å². The van der Waals surface area contributed by atoms with Crippen molar-refractivity contribution in [1.82, 2.24) is 0 Å². The molecule has 2 atom stereocenters. The first-order valence-corrected chi connectivity index (χ1v) is 5.07. The fourth-order valence-corrected chi connectivity index (χ4v) is 1.53. The third kappa shape index (κ3) is 2.46. The van der Waals surface area contributed by atoms with Gasteiger partial charge in [0.1, 0.15) is 17.6 Å². The number of rotatable bonds is 5. The van der Waals surface area contributed by atoms with Crippen molar-refractivity contribution >= 4 is 0 Å². The van der Waals surface area contributed by atoms with Crippen LogP contribution in [0.5, 0.6) is 11.5 Å². The maximum absolute atomic E-state index is 10.1. The molecule has 2 unspecified atom stereocenters. The van der Waals surface area contributed by atoms with Crippen molar-refractivity contribution in [2.75, 3.05) is 21.3 Å². The van der Waals surface area contributed by atoms with Crippen LogP contribution in [0, 0.1) is 0 Å². The Kier molecular flexibility index (Phi) is 4.58. The van der Waals surface area contributed by atoms with Crippen molar-refractivity contribution in [3.63, 3.8) is 0 Å². The van der Waals surface area contributed by atoms with Gasteiger partial charge in [-0.15, -0.1) is 0 Å². The van der Waals surface area contributed by atoms with Crippen LogP contribution in [0.2, 0.25) is 0 Å². The largest absolute Gasteiger partial charge is 0.496 e. The van der Waals surface area contributed by atoms with E-state index in [0.717, 1.165) is 0 Å². The summed E-state index contributed by atoms with van der Waals surface area (Å²) in [5, 5.41) is 10.1. The van der Waals surface area contributed by atoms with Gasteiger partial charge in [-0.3, -0.25) is 0 Å². The number of methoxy groups -OCH3 is 3. The first-order chi connectivity index (χ1) is 7.65. The van der Waals surface area contributed by atoms with Crippen LogP contribution in [-0.2, 0) is 4.74 Å². The minimum absolute atomic E-state index is 0.329. The molecule has 0 fully saturated rings. The highest BCUT2D eigenvalue weighted by Crippen LogP contribution is 2.35. The van der Waals surface area contributed by atoms with E-state index in [1.807, 2.05) is 6.07 Å². The molecule has 0 aromatic heterocycles. The van der Waals surface area contributed by atoms with Crippen molar-refractivity contribution in [3.8, 4) is 11.5 Å². The van der Waals surface area contributed by atoms with E-state index in [9.17, 15) is 5.11 Å². The Bertz CT molecular complexity index is 316. The van der Waals surface area contributed by atoms with Crippen molar-refractivity contribution in [2.45, 2.75) is 19.1 Å². The third-order valence-corrected chi connectivity index (χ3v) is 2.58. The molecule has 0 aliphatic heterocycles. The van der Waals surface area contributed by atoms with E-state index in [0.29, 0.717) is 17.1 Å².